The third kappa shape index (κ3) is 6.62. The van der Waals surface area contributed by atoms with Crippen molar-refractivity contribution in [2.75, 3.05) is 39.9 Å². The predicted octanol–water partition coefficient (Wildman–Crippen LogP) is 4.70. The van der Waals surface area contributed by atoms with E-state index in [-0.39, 0.29) is 5.54 Å². The zero-order chi connectivity index (χ0) is 20.7. The minimum Gasteiger partial charge on any atom is -0.497 e. The second-order valence-corrected chi connectivity index (χ2v) is 8.56. The fourth-order valence-electron chi connectivity index (χ4n) is 3.57. The lowest BCUT2D eigenvalue weighted by Crippen LogP contribution is -2.53. The minimum atomic E-state index is 0.275. The molecule has 0 radical (unpaired) electrons. The fourth-order valence-corrected chi connectivity index (χ4v) is 3.57. The molecule has 0 spiro atoms. The smallest absolute Gasteiger partial charge is 0.120 e. The van der Waals surface area contributed by atoms with Crippen molar-refractivity contribution in [3.05, 3.63) is 65.7 Å². The van der Waals surface area contributed by atoms with Crippen LogP contribution in [-0.2, 0) is 6.54 Å². The van der Waals surface area contributed by atoms with E-state index in [1.54, 1.807) is 7.11 Å². The molecule has 1 heterocycles. The van der Waals surface area contributed by atoms with Gasteiger partial charge in [0.15, 0.2) is 0 Å². The van der Waals surface area contributed by atoms with E-state index in [1.165, 1.54) is 11.1 Å². The zero-order valence-electron chi connectivity index (χ0n) is 18.2. The summed E-state index contributed by atoms with van der Waals surface area (Å²) in [7, 11) is 1.66. The lowest BCUT2D eigenvalue weighted by Gasteiger charge is -2.42. The van der Waals surface area contributed by atoms with E-state index in [9.17, 15) is 0 Å². The van der Waals surface area contributed by atoms with Crippen LogP contribution in [-0.4, -0.2) is 55.2 Å². The Bertz CT molecular complexity index is 768. The topological polar surface area (TPSA) is 24.9 Å². The maximum absolute atomic E-state index is 5.73. The van der Waals surface area contributed by atoms with Crippen LogP contribution in [0.1, 0.15) is 31.9 Å². The summed E-state index contributed by atoms with van der Waals surface area (Å²) in [6.45, 7) is 13.1. The number of piperazine rings is 1. The monoisotopic (exact) mass is 394 g/mol. The lowest BCUT2D eigenvalue weighted by atomic mass is 10.0. The molecule has 0 aliphatic carbocycles. The van der Waals surface area contributed by atoms with Gasteiger partial charge in [-0.25, -0.2) is 0 Å². The second-order valence-electron chi connectivity index (χ2n) is 8.56. The zero-order valence-corrected chi connectivity index (χ0v) is 18.2. The van der Waals surface area contributed by atoms with E-state index in [4.69, 9.17) is 9.47 Å². The number of rotatable bonds is 7. The van der Waals surface area contributed by atoms with E-state index >= 15 is 0 Å². The fraction of sp³-hybridized carbons (Fsp3) is 0.440. The molecule has 0 N–H and O–H groups in total. The first-order chi connectivity index (χ1) is 13.9. The molecule has 0 atom stereocenters. The Morgan fingerprint density at radius 1 is 0.862 bits per heavy atom. The number of methoxy groups -OCH3 is 1. The minimum absolute atomic E-state index is 0.275. The van der Waals surface area contributed by atoms with Gasteiger partial charge >= 0.3 is 0 Å². The van der Waals surface area contributed by atoms with Crippen molar-refractivity contribution >= 4 is 6.08 Å². The molecule has 1 saturated heterocycles. The number of hydrogen-bond donors (Lipinski definition) is 0. The van der Waals surface area contributed by atoms with Crippen molar-refractivity contribution < 1.29 is 9.47 Å². The van der Waals surface area contributed by atoms with Gasteiger partial charge in [0.05, 0.1) is 7.11 Å². The van der Waals surface area contributed by atoms with Crippen LogP contribution in [0.5, 0.6) is 11.5 Å². The van der Waals surface area contributed by atoms with Crippen molar-refractivity contribution in [2.24, 2.45) is 0 Å². The number of ether oxygens (including phenoxy) is 2. The molecule has 1 aliphatic rings. The summed E-state index contributed by atoms with van der Waals surface area (Å²) in [5.41, 5.74) is 2.85. The number of benzene rings is 2. The van der Waals surface area contributed by atoms with Gasteiger partial charge in [0.2, 0.25) is 0 Å². The van der Waals surface area contributed by atoms with E-state index in [0.29, 0.717) is 6.61 Å². The van der Waals surface area contributed by atoms with Gasteiger partial charge in [-0.05, 0) is 62.2 Å². The Balaban J connectivity index is 1.42. The molecule has 156 valence electrons. The highest BCUT2D eigenvalue weighted by atomic mass is 16.5. The molecule has 0 amide bonds. The van der Waals surface area contributed by atoms with E-state index in [2.05, 4.69) is 60.9 Å². The van der Waals surface area contributed by atoms with Crippen LogP contribution in [0.15, 0.2) is 54.6 Å². The molecule has 2 aromatic rings. The van der Waals surface area contributed by atoms with Crippen LogP contribution < -0.4 is 9.47 Å². The number of nitrogens with zero attached hydrogens (tertiary/aromatic N) is 2. The van der Waals surface area contributed by atoms with Crippen molar-refractivity contribution in [1.29, 1.82) is 0 Å². The van der Waals surface area contributed by atoms with Crippen molar-refractivity contribution in [3.63, 3.8) is 0 Å². The van der Waals surface area contributed by atoms with Crippen molar-refractivity contribution in [2.45, 2.75) is 32.9 Å². The molecular formula is C25H34N2O2. The highest BCUT2D eigenvalue weighted by Crippen LogP contribution is 2.18. The summed E-state index contributed by atoms with van der Waals surface area (Å²) in [6.07, 6.45) is 4.15. The summed E-state index contributed by atoms with van der Waals surface area (Å²) >= 11 is 0. The Morgan fingerprint density at radius 3 is 2.07 bits per heavy atom. The standard InChI is InChI=1S/C25H34N2O2/c1-25(2,3)27-17-15-26(16-18-27)20-22-9-7-21(8-10-22)6-5-19-29-24-13-11-23(28-4)12-14-24/h5-14H,15-20H2,1-4H3/b6-5+. The molecule has 2 aromatic carbocycles. The van der Waals surface area contributed by atoms with Gasteiger partial charge in [-0.15, -0.1) is 0 Å². The van der Waals surface area contributed by atoms with Gasteiger partial charge in [-0.2, -0.15) is 0 Å². The quantitative estimate of drug-likeness (QED) is 0.679. The van der Waals surface area contributed by atoms with Gasteiger partial charge in [0, 0.05) is 38.3 Å². The third-order valence-corrected chi connectivity index (χ3v) is 5.42. The molecule has 29 heavy (non-hydrogen) atoms. The van der Waals surface area contributed by atoms with Crippen molar-refractivity contribution in [3.8, 4) is 11.5 Å². The highest BCUT2D eigenvalue weighted by molar-refractivity contribution is 5.49. The predicted molar refractivity (Wildman–Crippen MR) is 121 cm³/mol. The molecule has 0 unspecified atom stereocenters. The normalized spacial score (nSPS) is 16.3. The Morgan fingerprint density at radius 2 is 1.48 bits per heavy atom. The molecule has 4 nitrogen and oxygen atoms in total. The van der Waals surface area contributed by atoms with E-state index in [0.717, 1.165) is 44.2 Å². The SMILES string of the molecule is COc1ccc(OC/C=C/c2ccc(CN3CCN(C(C)(C)C)CC3)cc2)cc1. The Kier molecular flexibility index (Phi) is 7.34. The van der Waals surface area contributed by atoms with Crippen LogP contribution >= 0.6 is 0 Å². The molecule has 3 rings (SSSR count). The van der Waals surface area contributed by atoms with Crippen molar-refractivity contribution in [1.82, 2.24) is 9.80 Å². The van der Waals surface area contributed by atoms with Crippen LogP contribution in [0.4, 0.5) is 0 Å². The molecule has 1 fully saturated rings. The molecule has 4 heteroatoms. The highest BCUT2D eigenvalue weighted by Gasteiger charge is 2.25. The number of hydrogen-bond acceptors (Lipinski definition) is 4. The molecule has 0 aromatic heterocycles. The van der Waals surface area contributed by atoms with Gasteiger partial charge in [0.25, 0.3) is 0 Å². The summed E-state index contributed by atoms with van der Waals surface area (Å²) in [6, 6.07) is 16.5. The summed E-state index contributed by atoms with van der Waals surface area (Å²) in [5.74, 6) is 1.68. The summed E-state index contributed by atoms with van der Waals surface area (Å²) in [5, 5.41) is 0. The van der Waals surface area contributed by atoms with Crippen LogP contribution in [0, 0.1) is 0 Å². The average molecular weight is 395 g/mol. The average Bonchev–Trinajstić information content (AvgIpc) is 2.72. The maximum atomic E-state index is 5.73. The molecule has 0 saturated carbocycles. The largest absolute Gasteiger partial charge is 0.497 e. The Labute approximate surface area is 175 Å². The first-order valence-corrected chi connectivity index (χ1v) is 10.4. The third-order valence-electron chi connectivity index (χ3n) is 5.42. The van der Waals surface area contributed by atoms with Gasteiger partial charge < -0.3 is 9.47 Å². The molecule has 0 bridgehead atoms. The van der Waals surface area contributed by atoms with Crippen LogP contribution in [0.3, 0.4) is 0 Å². The first kappa shape index (κ1) is 21.4. The van der Waals surface area contributed by atoms with Crippen LogP contribution in [0.25, 0.3) is 6.08 Å². The van der Waals surface area contributed by atoms with Gasteiger partial charge in [-0.1, -0.05) is 30.3 Å². The van der Waals surface area contributed by atoms with E-state index in [1.807, 2.05) is 30.3 Å². The summed E-state index contributed by atoms with van der Waals surface area (Å²) in [4.78, 5) is 5.13. The van der Waals surface area contributed by atoms with Crippen LogP contribution in [0.2, 0.25) is 0 Å². The van der Waals surface area contributed by atoms with E-state index < -0.39 is 0 Å². The van der Waals surface area contributed by atoms with Gasteiger partial charge in [0.1, 0.15) is 18.1 Å². The van der Waals surface area contributed by atoms with Gasteiger partial charge in [-0.3, -0.25) is 9.80 Å². The second kappa shape index (κ2) is 9.95. The Hall–Kier alpha value is -2.30. The summed E-state index contributed by atoms with van der Waals surface area (Å²) < 4.78 is 10.9. The molecule has 1 aliphatic heterocycles. The first-order valence-electron chi connectivity index (χ1n) is 10.4. The molecular weight excluding hydrogens is 360 g/mol. The maximum Gasteiger partial charge on any atom is 0.120 e. The lowest BCUT2D eigenvalue weighted by molar-refractivity contribution is 0.0591.